The molecule has 96 valence electrons. The fourth-order valence-electron chi connectivity index (χ4n) is 1.68. The third-order valence-electron chi connectivity index (χ3n) is 2.65. The zero-order valence-corrected chi connectivity index (χ0v) is 10.5. The first-order chi connectivity index (χ1) is 8.01. The van der Waals surface area contributed by atoms with Gasteiger partial charge in [0, 0.05) is 19.7 Å². The Morgan fingerprint density at radius 2 is 2.29 bits per heavy atom. The number of hydrogen-bond donors (Lipinski definition) is 3. The molecule has 1 heterocycles. The molecule has 1 amide bonds. The maximum Gasteiger partial charge on any atom is 0.271 e. The van der Waals surface area contributed by atoms with Gasteiger partial charge in [0.15, 0.2) is 0 Å². The number of rotatable bonds is 5. The molecule has 0 aliphatic heterocycles. The van der Waals surface area contributed by atoms with Crippen LogP contribution in [0.1, 0.15) is 36.5 Å². The fourth-order valence-corrected chi connectivity index (χ4v) is 1.68. The molecule has 0 aromatic carbocycles. The van der Waals surface area contributed by atoms with Gasteiger partial charge in [0.05, 0.1) is 11.4 Å². The molecular formula is C11H20N4O2. The van der Waals surface area contributed by atoms with Crippen LogP contribution in [0.15, 0.2) is 0 Å². The Balaban J connectivity index is 2.85. The van der Waals surface area contributed by atoms with Crippen molar-refractivity contribution in [3.05, 3.63) is 11.4 Å². The Morgan fingerprint density at radius 1 is 1.65 bits per heavy atom. The Labute approximate surface area is 101 Å². The third kappa shape index (κ3) is 2.97. The van der Waals surface area contributed by atoms with Gasteiger partial charge in [-0.2, -0.15) is 5.10 Å². The van der Waals surface area contributed by atoms with Gasteiger partial charge >= 0.3 is 0 Å². The summed E-state index contributed by atoms with van der Waals surface area (Å²) in [5, 5.41) is 15.7. The second-order valence-corrected chi connectivity index (χ2v) is 4.07. The zero-order valence-electron chi connectivity index (χ0n) is 10.5. The van der Waals surface area contributed by atoms with E-state index in [0.29, 0.717) is 24.2 Å². The van der Waals surface area contributed by atoms with Crippen molar-refractivity contribution in [3.8, 4) is 0 Å². The third-order valence-corrected chi connectivity index (χ3v) is 2.65. The molecule has 6 nitrogen and oxygen atoms in total. The number of amides is 1. The van der Waals surface area contributed by atoms with E-state index in [1.807, 2.05) is 13.8 Å². The smallest absolute Gasteiger partial charge is 0.271 e. The van der Waals surface area contributed by atoms with E-state index in [4.69, 9.17) is 10.8 Å². The van der Waals surface area contributed by atoms with Crippen molar-refractivity contribution in [2.75, 3.05) is 12.3 Å². The summed E-state index contributed by atoms with van der Waals surface area (Å²) in [5.74, 6) is -0.252. The molecular weight excluding hydrogens is 220 g/mol. The number of anilines is 1. The Bertz CT molecular complexity index is 400. The SMILES string of the molecule is CCc1nn(C)c(C(=O)NC(C)CCO)c1N. The molecule has 0 radical (unpaired) electrons. The maximum absolute atomic E-state index is 12.0. The minimum absolute atomic E-state index is 0.0442. The van der Waals surface area contributed by atoms with Crippen LogP contribution in [0, 0.1) is 0 Å². The number of hydrogen-bond acceptors (Lipinski definition) is 4. The van der Waals surface area contributed by atoms with Gasteiger partial charge in [-0.1, -0.05) is 6.92 Å². The topological polar surface area (TPSA) is 93.2 Å². The minimum atomic E-state index is -0.252. The van der Waals surface area contributed by atoms with Crippen LogP contribution in [-0.4, -0.2) is 33.4 Å². The number of aliphatic hydroxyl groups is 1. The van der Waals surface area contributed by atoms with Crippen molar-refractivity contribution < 1.29 is 9.90 Å². The highest BCUT2D eigenvalue weighted by molar-refractivity contribution is 5.98. The predicted octanol–water partition coefficient (Wildman–Crippen LogP) is 0.0654. The summed E-state index contributed by atoms with van der Waals surface area (Å²) in [6.45, 7) is 3.82. The lowest BCUT2D eigenvalue weighted by molar-refractivity contribution is 0.0926. The van der Waals surface area contributed by atoms with Crippen LogP contribution in [0.3, 0.4) is 0 Å². The van der Waals surface area contributed by atoms with Gasteiger partial charge in [0.2, 0.25) is 0 Å². The van der Waals surface area contributed by atoms with Crippen molar-refractivity contribution in [1.29, 1.82) is 0 Å². The van der Waals surface area contributed by atoms with Gasteiger partial charge in [-0.25, -0.2) is 0 Å². The summed E-state index contributed by atoms with van der Waals surface area (Å²) in [6.07, 6.45) is 1.21. The monoisotopic (exact) mass is 240 g/mol. The number of nitrogen functional groups attached to an aromatic ring is 1. The summed E-state index contributed by atoms with van der Waals surface area (Å²) < 4.78 is 1.50. The number of aliphatic hydroxyl groups excluding tert-OH is 1. The van der Waals surface area contributed by atoms with E-state index >= 15 is 0 Å². The molecule has 1 aromatic rings. The van der Waals surface area contributed by atoms with Crippen LogP contribution in [0.5, 0.6) is 0 Å². The first-order valence-corrected chi connectivity index (χ1v) is 5.74. The standard InChI is InChI=1S/C11H20N4O2/c1-4-8-9(12)10(15(3)14-8)11(17)13-7(2)5-6-16/h7,16H,4-6,12H2,1-3H3,(H,13,17). The van der Waals surface area contributed by atoms with Crippen LogP contribution in [-0.2, 0) is 13.5 Å². The first-order valence-electron chi connectivity index (χ1n) is 5.74. The lowest BCUT2D eigenvalue weighted by Gasteiger charge is -2.12. The molecule has 1 aromatic heterocycles. The minimum Gasteiger partial charge on any atom is -0.396 e. The van der Waals surface area contributed by atoms with Crippen molar-refractivity contribution in [2.24, 2.45) is 7.05 Å². The van der Waals surface area contributed by atoms with E-state index in [0.717, 1.165) is 5.69 Å². The highest BCUT2D eigenvalue weighted by Gasteiger charge is 2.20. The number of nitrogens with one attached hydrogen (secondary N) is 1. The molecule has 0 aliphatic rings. The molecule has 0 saturated carbocycles. The van der Waals surface area contributed by atoms with Crippen LogP contribution in [0.25, 0.3) is 0 Å². The van der Waals surface area contributed by atoms with Crippen LogP contribution < -0.4 is 11.1 Å². The molecule has 0 aliphatic carbocycles. The van der Waals surface area contributed by atoms with Crippen LogP contribution in [0.4, 0.5) is 5.69 Å². The van der Waals surface area contributed by atoms with Crippen LogP contribution >= 0.6 is 0 Å². The maximum atomic E-state index is 12.0. The summed E-state index contributed by atoms with van der Waals surface area (Å²) in [7, 11) is 1.70. The quantitative estimate of drug-likeness (QED) is 0.678. The zero-order chi connectivity index (χ0) is 13.0. The summed E-state index contributed by atoms with van der Waals surface area (Å²) >= 11 is 0. The highest BCUT2D eigenvalue weighted by atomic mass is 16.3. The predicted molar refractivity (Wildman–Crippen MR) is 65.6 cm³/mol. The molecule has 1 unspecified atom stereocenters. The van der Waals surface area contributed by atoms with Gasteiger partial charge in [-0.15, -0.1) is 0 Å². The Morgan fingerprint density at radius 3 is 2.76 bits per heavy atom. The lowest BCUT2D eigenvalue weighted by Crippen LogP contribution is -2.34. The summed E-state index contributed by atoms with van der Waals surface area (Å²) in [4.78, 5) is 12.0. The molecule has 4 N–H and O–H groups in total. The first kappa shape index (κ1) is 13.5. The number of aromatic nitrogens is 2. The Hall–Kier alpha value is -1.56. The molecule has 6 heteroatoms. The second kappa shape index (κ2) is 5.67. The van der Waals surface area contributed by atoms with Gasteiger partial charge in [0.1, 0.15) is 5.69 Å². The lowest BCUT2D eigenvalue weighted by atomic mass is 10.2. The molecule has 1 atom stereocenters. The number of carbonyl (C=O) groups excluding carboxylic acids is 1. The van der Waals surface area contributed by atoms with Crippen molar-refractivity contribution in [2.45, 2.75) is 32.7 Å². The van der Waals surface area contributed by atoms with Crippen molar-refractivity contribution >= 4 is 11.6 Å². The molecule has 0 saturated heterocycles. The number of carbonyl (C=O) groups is 1. The molecule has 1 rings (SSSR count). The number of aryl methyl sites for hydroxylation is 2. The van der Waals surface area contributed by atoms with Crippen molar-refractivity contribution in [3.63, 3.8) is 0 Å². The largest absolute Gasteiger partial charge is 0.396 e. The number of nitrogens with zero attached hydrogens (tertiary/aromatic N) is 2. The fraction of sp³-hybridized carbons (Fsp3) is 0.636. The molecule has 17 heavy (non-hydrogen) atoms. The van der Waals surface area contributed by atoms with Gasteiger partial charge in [-0.3, -0.25) is 9.48 Å². The van der Waals surface area contributed by atoms with E-state index in [1.165, 1.54) is 4.68 Å². The average molecular weight is 240 g/mol. The van der Waals surface area contributed by atoms with Gasteiger partial charge in [0.25, 0.3) is 5.91 Å². The van der Waals surface area contributed by atoms with E-state index < -0.39 is 0 Å². The van der Waals surface area contributed by atoms with Gasteiger partial charge in [-0.05, 0) is 19.8 Å². The molecule has 0 bridgehead atoms. The average Bonchev–Trinajstić information content (AvgIpc) is 2.53. The summed E-state index contributed by atoms with van der Waals surface area (Å²) in [5.41, 5.74) is 7.42. The van der Waals surface area contributed by atoms with Gasteiger partial charge < -0.3 is 16.2 Å². The Kier molecular flexibility index (Phi) is 4.51. The molecule has 0 spiro atoms. The highest BCUT2D eigenvalue weighted by Crippen LogP contribution is 2.16. The van der Waals surface area contributed by atoms with E-state index in [9.17, 15) is 4.79 Å². The number of nitrogens with two attached hydrogens (primary N) is 1. The van der Waals surface area contributed by atoms with Crippen LogP contribution in [0.2, 0.25) is 0 Å². The van der Waals surface area contributed by atoms with E-state index in [-0.39, 0.29) is 18.6 Å². The normalized spacial score (nSPS) is 12.5. The summed E-state index contributed by atoms with van der Waals surface area (Å²) in [6, 6.07) is -0.0909. The molecule has 0 fully saturated rings. The van der Waals surface area contributed by atoms with E-state index in [2.05, 4.69) is 10.4 Å². The second-order valence-electron chi connectivity index (χ2n) is 4.07. The van der Waals surface area contributed by atoms with E-state index in [1.54, 1.807) is 7.05 Å². The van der Waals surface area contributed by atoms with Crippen molar-refractivity contribution in [1.82, 2.24) is 15.1 Å².